The predicted molar refractivity (Wildman–Crippen MR) is 166 cm³/mol. The van der Waals surface area contributed by atoms with Crippen LogP contribution in [0, 0.1) is 17.7 Å². The van der Waals surface area contributed by atoms with E-state index in [1.807, 2.05) is 19.2 Å². The topological polar surface area (TPSA) is 63.6 Å². The van der Waals surface area contributed by atoms with Crippen molar-refractivity contribution in [1.82, 2.24) is 9.80 Å². The summed E-state index contributed by atoms with van der Waals surface area (Å²) in [5.41, 5.74) is 3.42. The summed E-state index contributed by atoms with van der Waals surface area (Å²) < 4.78 is 38.2. The molecule has 0 radical (unpaired) electrons. The van der Waals surface area contributed by atoms with E-state index in [-0.39, 0.29) is 23.5 Å². The highest BCUT2D eigenvalue weighted by atomic mass is 19.1. The van der Waals surface area contributed by atoms with Crippen molar-refractivity contribution in [2.75, 3.05) is 54.1 Å². The Bertz CT molecular complexity index is 1290. The molecular weight excluding hydrogens is 547 g/mol. The molecule has 1 saturated heterocycles. The van der Waals surface area contributed by atoms with E-state index in [1.54, 1.807) is 32.4 Å². The van der Waals surface area contributed by atoms with Crippen LogP contribution in [0.25, 0.3) is 0 Å². The summed E-state index contributed by atoms with van der Waals surface area (Å²) in [6.07, 6.45) is 9.78. The quantitative estimate of drug-likeness (QED) is 0.319. The number of hydrogen-bond acceptors (Lipinski definition) is 7. The molecule has 5 rings (SSSR count). The van der Waals surface area contributed by atoms with Gasteiger partial charge in [-0.3, -0.25) is 4.90 Å². The zero-order valence-electron chi connectivity index (χ0n) is 26.1. The number of phenolic OH excluding ortho intramolecular Hbond substituents is 1. The van der Waals surface area contributed by atoms with E-state index in [9.17, 15) is 5.11 Å². The van der Waals surface area contributed by atoms with Gasteiger partial charge in [0.15, 0.2) is 23.1 Å². The van der Waals surface area contributed by atoms with Crippen molar-refractivity contribution >= 4 is 0 Å². The number of aryl methyl sites for hydroxylation is 1. The summed E-state index contributed by atoms with van der Waals surface area (Å²) in [5, 5.41) is 9.97. The SMILES string of the molecule is CCN(Cc1ccc(OCCN(C)C[C@H]2CCCO2)c(F)c1)C1C=C(OC)C(OC)=CC1[C@@H]1CCc2cc(O)ccc2C1. The number of fused-ring (bicyclic) bond motifs is 1. The fourth-order valence-electron chi connectivity index (χ4n) is 6.86. The molecule has 2 aromatic rings. The average Bonchev–Trinajstić information content (AvgIpc) is 3.53. The van der Waals surface area contributed by atoms with Crippen molar-refractivity contribution in [2.45, 2.75) is 57.7 Å². The van der Waals surface area contributed by atoms with Gasteiger partial charge in [0, 0.05) is 38.2 Å². The number of nitrogens with zero attached hydrogens (tertiary/aromatic N) is 2. The number of methoxy groups -OCH3 is 2. The largest absolute Gasteiger partial charge is 0.508 e. The van der Waals surface area contributed by atoms with E-state index in [0.29, 0.717) is 37.5 Å². The normalized spacial score (nSPS) is 23.6. The molecule has 1 N–H and O–H groups in total. The van der Waals surface area contributed by atoms with Gasteiger partial charge in [-0.05, 0) is 105 Å². The van der Waals surface area contributed by atoms with Crippen molar-refractivity contribution in [3.05, 3.63) is 82.6 Å². The van der Waals surface area contributed by atoms with Gasteiger partial charge in [-0.25, -0.2) is 4.39 Å². The third kappa shape index (κ3) is 7.72. The zero-order chi connectivity index (χ0) is 30.3. The lowest BCUT2D eigenvalue weighted by Crippen LogP contribution is -2.44. The molecule has 1 aliphatic heterocycles. The standard InChI is InChI=1S/C35H47FN2O5/c1-5-38(22-24-8-13-33(31(36)17-24)43-16-14-37(2)23-29-7-6-15-42-29)32-21-35(41-4)34(40-3)20-30(32)27-10-9-26-19-28(39)12-11-25(26)18-27/h8,11-13,17,19-21,27,29-30,32,39H,5-7,9-10,14-16,18,22-23H2,1-4H3/t27-,29-,30?,32?/m1/s1. The van der Waals surface area contributed by atoms with E-state index in [1.165, 1.54) is 11.1 Å². The van der Waals surface area contributed by atoms with Crippen molar-refractivity contribution in [1.29, 1.82) is 0 Å². The highest BCUT2D eigenvalue weighted by Crippen LogP contribution is 2.40. The Morgan fingerprint density at radius 3 is 2.56 bits per heavy atom. The molecule has 1 heterocycles. The van der Waals surface area contributed by atoms with E-state index >= 15 is 4.39 Å². The molecule has 8 heteroatoms. The zero-order valence-corrected chi connectivity index (χ0v) is 26.1. The molecule has 0 spiro atoms. The van der Waals surface area contributed by atoms with Crippen LogP contribution in [0.4, 0.5) is 4.39 Å². The van der Waals surface area contributed by atoms with Crippen molar-refractivity contribution in [2.24, 2.45) is 11.8 Å². The van der Waals surface area contributed by atoms with Gasteiger partial charge in [0.25, 0.3) is 0 Å². The first-order chi connectivity index (χ1) is 20.9. The fourth-order valence-corrected chi connectivity index (χ4v) is 6.86. The summed E-state index contributed by atoms with van der Waals surface area (Å²) in [7, 11) is 5.40. The monoisotopic (exact) mass is 594 g/mol. The van der Waals surface area contributed by atoms with Crippen LogP contribution in [0.2, 0.25) is 0 Å². The van der Waals surface area contributed by atoms with Crippen molar-refractivity contribution < 1.29 is 28.4 Å². The molecule has 3 aliphatic rings. The molecule has 0 bridgehead atoms. The third-order valence-corrected chi connectivity index (χ3v) is 9.22. The molecule has 2 aliphatic carbocycles. The lowest BCUT2D eigenvalue weighted by molar-refractivity contribution is 0.0769. The molecule has 7 nitrogen and oxygen atoms in total. The van der Waals surface area contributed by atoms with Gasteiger partial charge >= 0.3 is 0 Å². The minimum absolute atomic E-state index is 0.0564. The van der Waals surface area contributed by atoms with Crippen LogP contribution >= 0.6 is 0 Å². The molecule has 0 amide bonds. The number of aromatic hydroxyl groups is 1. The van der Waals surface area contributed by atoms with Gasteiger partial charge < -0.3 is 29.0 Å². The van der Waals surface area contributed by atoms with Crippen LogP contribution < -0.4 is 4.74 Å². The molecule has 1 fully saturated rings. The number of benzene rings is 2. The number of ether oxygens (including phenoxy) is 4. The average molecular weight is 595 g/mol. The molecule has 234 valence electrons. The van der Waals surface area contributed by atoms with Crippen LogP contribution in [0.1, 0.15) is 42.9 Å². The van der Waals surface area contributed by atoms with Gasteiger partial charge in [0.1, 0.15) is 12.4 Å². The van der Waals surface area contributed by atoms with Crippen LogP contribution in [0.15, 0.2) is 60.1 Å². The van der Waals surface area contributed by atoms with E-state index in [2.05, 4.69) is 34.9 Å². The second-order valence-electron chi connectivity index (χ2n) is 12.1. The molecule has 0 aromatic heterocycles. The Morgan fingerprint density at radius 1 is 1.02 bits per heavy atom. The maximum Gasteiger partial charge on any atom is 0.165 e. The second-order valence-corrected chi connectivity index (χ2v) is 12.1. The highest BCUT2D eigenvalue weighted by molar-refractivity contribution is 5.38. The fraction of sp³-hybridized carbons (Fsp3) is 0.543. The molecule has 2 unspecified atom stereocenters. The Morgan fingerprint density at radius 2 is 1.84 bits per heavy atom. The molecule has 0 saturated carbocycles. The first-order valence-electron chi connectivity index (χ1n) is 15.7. The number of rotatable bonds is 13. The summed E-state index contributed by atoms with van der Waals surface area (Å²) in [6.45, 7) is 6.39. The second kappa shape index (κ2) is 14.6. The van der Waals surface area contributed by atoms with Gasteiger partial charge in [0.2, 0.25) is 0 Å². The molecule has 4 atom stereocenters. The van der Waals surface area contributed by atoms with E-state index < -0.39 is 0 Å². The molecule has 2 aromatic carbocycles. The van der Waals surface area contributed by atoms with Gasteiger partial charge in [0.05, 0.1) is 20.3 Å². The summed E-state index contributed by atoms with van der Waals surface area (Å²) in [5.74, 6) is 2.33. The van der Waals surface area contributed by atoms with E-state index in [0.717, 1.165) is 68.9 Å². The van der Waals surface area contributed by atoms with Gasteiger partial charge in [-0.15, -0.1) is 0 Å². The van der Waals surface area contributed by atoms with Crippen LogP contribution in [-0.2, 0) is 33.6 Å². The van der Waals surface area contributed by atoms with Crippen molar-refractivity contribution in [3.63, 3.8) is 0 Å². The Hall–Kier alpha value is -3.07. The number of likely N-dealkylation sites (N-methyl/N-ethyl adjacent to an activating group) is 2. The predicted octanol–water partition coefficient (Wildman–Crippen LogP) is 5.71. The lowest BCUT2D eigenvalue weighted by atomic mass is 9.72. The van der Waals surface area contributed by atoms with Gasteiger partial charge in [-0.1, -0.05) is 19.1 Å². The Balaban J connectivity index is 1.26. The van der Waals surface area contributed by atoms with Crippen molar-refractivity contribution in [3.8, 4) is 11.5 Å². The maximum absolute atomic E-state index is 15.2. The highest BCUT2D eigenvalue weighted by Gasteiger charge is 2.37. The lowest BCUT2D eigenvalue weighted by Gasteiger charge is -2.41. The summed E-state index contributed by atoms with van der Waals surface area (Å²) in [4.78, 5) is 4.57. The van der Waals surface area contributed by atoms with Crippen LogP contribution in [-0.4, -0.2) is 81.2 Å². The smallest absolute Gasteiger partial charge is 0.165 e. The van der Waals surface area contributed by atoms with Crippen LogP contribution in [0.3, 0.4) is 0 Å². The summed E-state index contributed by atoms with van der Waals surface area (Å²) >= 11 is 0. The number of phenols is 1. The first-order valence-corrected chi connectivity index (χ1v) is 15.7. The van der Waals surface area contributed by atoms with Crippen LogP contribution in [0.5, 0.6) is 11.5 Å². The molecular formula is C35H47FN2O5. The summed E-state index contributed by atoms with van der Waals surface area (Å²) in [6, 6.07) is 11.1. The minimum Gasteiger partial charge on any atom is -0.508 e. The maximum atomic E-state index is 15.2. The number of hydrogen-bond donors (Lipinski definition) is 1. The Labute approximate surface area is 255 Å². The third-order valence-electron chi connectivity index (χ3n) is 9.22. The molecule has 43 heavy (non-hydrogen) atoms. The number of halogens is 1. The van der Waals surface area contributed by atoms with E-state index in [4.69, 9.17) is 18.9 Å². The Kier molecular flexibility index (Phi) is 10.6. The van der Waals surface area contributed by atoms with Gasteiger partial charge in [-0.2, -0.15) is 0 Å². The minimum atomic E-state index is -0.336. The first kappa shape index (κ1) is 31.4.